The van der Waals surface area contributed by atoms with Crippen LogP contribution < -0.4 is 10.1 Å². The summed E-state index contributed by atoms with van der Waals surface area (Å²) in [6.45, 7) is 5.87. The van der Waals surface area contributed by atoms with Crippen LogP contribution in [0.1, 0.15) is 42.6 Å². The zero-order chi connectivity index (χ0) is 21.1. The second-order valence-electron chi connectivity index (χ2n) is 7.13. The molecular weight excluding hydrogens is 382 g/mol. The molecule has 0 radical (unpaired) electrons. The Morgan fingerprint density at radius 1 is 1.21 bits per heavy atom. The summed E-state index contributed by atoms with van der Waals surface area (Å²) in [5.41, 5.74) is 1.54. The highest BCUT2D eigenvalue weighted by atomic mass is 32.1. The molecule has 0 aromatic heterocycles. The standard InChI is InChI=1S/C23H27N3O2S/c1-18(2)12-15-28-21-11-6-10-20(16-21)22(27)25-23(29)26(14-7-13-24)17-19-8-4-3-5-9-19/h3-6,8-11,16,18H,7,12,14-15,17H2,1-2H3,(H,25,27,29). The predicted molar refractivity (Wildman–Crippen MR) is 119 cm³/mol. The molecule has 0 fully saturated rings. The molecule has 0 atom stereocenters. The molecule has 1 N–H and O–H groups in total. The van der Waals surface area contributed by atoms with Gasteiger partial charge in [-0.15, -0.1) is 0 Å². The number of nitriles is 1. The average molecular weight is 410 g/mol. The number of hydrogen-bond donors (Lipinski definition) is 1. The number of carbonyl (C=O) groups excluding carboxylic acids is 1. The summed E-state index contributed by atoms with van der Waals surface area (Å²) in [5, 5.41) is 12.0. The van der Waals surface area contributed by atoms with Crippen molar-refractivity contribution in [1.82, 2.24) is 10.2 Å². The van der Waals surface area contributed by atoms with E-state index in [1.54, 1.807) is 18.2 Å². The molecule has 0 aliphatic carbocycles. The first-order chi connectivity index (χ1) is 14.0. The third kappa shape index (κ3) is 7.92. The first kappa shape index (κ1) is 22.4. The molecule has 152 valence electrons. The Morgan fingerprint density at radius 2 is 1.97 bits per heavy atom. The Labute approximate surface area is 178 Å². The van der Waals surface area contributed by atoms with E-state index >= 15 is 0 Å². The van der Waals surface area contributed by atoms with Gasteiger partial charge in [0.05, 0.1) is 19.1 Å². The van der Waals surface area contributed by atoms with Crippen molar-refractivity contribution in [2.24, 2.45) is 5.92 Å². The minimum Gasteiger partial charge on any atom is -0.494 e. The predicted octanol–water partition coefficient (Wildman–Crippen LogP) is 4.54. The Morgan fingerprint density at radius 3 is 2.66 bits per heavy atom. The van der Waals surface area contributed by atoms with Crippen LogP contribution >= 0.6 is 12.2 Å². The molecule has 0 unspecified atom stereocenters. The molecule has 29 heavy (non-hydrogen) atoms. The van der Waals surface area contributed by atoms with Crippen LogP contribution in [0.3, 0.4) is 0 Å². The van der Waals surface area contributed by atoms with Gasteiger partial charge in [0, 0.05) is 18.7 Å². The number of nitrogens with zero attached hydrogens (tertiary/aromatic N) is 2. The van der Waals surface area contributed by atoms with Crippen LogP contribution in [-0.2, 0) is 6.54 Å². The van der Waals surface area contributed by atoms with Crippen molar-refractivity contribution in [2.75, 3.05) is 13.2 Å². The van der Waals surface area contributed by atoms with Gasteiger partial charge in [-0.05, 0) is 48.3 Å². The monoisotopic (exact) mass is 409 g/mol. The lowest BCUT2D eigenvalue weighted by Gasteiger charge is -2.24. The summed E-state index contributed by atoms with van der Waals surface area (Å²) in [7, 11) is 0. The van der Waals surface area contributed by atoms with E-state index in [-0.39, 0.29) is 5.91 Å². The molecule has 6 heteroatoms. The molecule has 2 aromatic rings. The summed E-state index contributed by atoms with van der Waals surface area (Å²) in [6.07, 6.45) is 1.27. The summed E-state index contributed by atoms with van der Waals surface area (Å²) >= 11 is 5.45. The largest absolute Gasteiger partial charge is 0.494 e. The van der Waals surface area contributed by atoms with Crippen LogP contribution in [-0.4, -0.2) is 29.1 Å². The summed E-state index contributed by atoms with van der Waals surface area (Å²) < 4.78 is 5.73. The highest BCUT2D eigenvalue weighted by Crippen LogP contribution is 2.15. The maximum atomic E-state index is 12.7. The van der Waals surface area contributed by atoms with Gasteiger partial charge in [-0.3, -0.25) is 10.1 Å². The highest BCUT2D eigenvalue weighted by molar-refractivity contribution is 7.80. The fraction of sp³-hybridized carbons (Fsp3) is 0.348. The Hall–Kier alpha value is -2.91. The van der Waals surface area contributed by atoms with Gasteiger partial charge in [-0.2, -0.15) is 5.26 Å². The van der Waals surface area contributed by atoms with Gasteiger partial charge < -0.3 is 9.64 Å². The SMILES string of the molecule is CC(C)CCOc1cccc(C(=O)NC(=S)N(CCC#N)Cc2ccccc2)c1. The van der Waals surface area contributed by atoms with Gasteiger partial charge in [0.2, 0.25) is 0 Å². The van der Waals surface area contributed by atoms with Crippen LogP contribution in [0, 0.1) is 17.2 Å². The number of rotatable bonds is 9. The first-order valence-electron chi connectivity index (χ1n) is 9.73. The van der Waals surface area contributed by atoms with Crippen molar-refractivity contribution in [3.63, 3.8) is 0 Å². The summed E-state index contributed by atoms with van der Waals surface area (Å²) in [6, 6.07) is 19.0. The van der Waals surface area contributed by atoms with Gasteiger partial charge >= 0.3 is 0 Å². The van der Waals surface area contributed by atoms with Crippen molar-refractivity contribution < 1.29 is 9.53 Å². The summed E-state index contributed by atoms with van der Waals surface area (Å²) in [4.78, 5) is 14.5. The molecule has 0 saturated heterocycles. The molecule has 5 nitrogen and oxygen atoms in total. The molecule has 0 saturated carbocycles. The molecule has 1 amide bonds. The number of carbonyl (C=O) groups is 1. The topological polar surface area (TPSA) is 65.4 Å². The van der Waals surface area contributed by atoms with Crippen LogP contribution in [0.4, 0.5) is 0 Å². The Balaban J connectivity index is 2.01. The lowest BCUT2D eigenvalue weighted by atomic mass is 10.1. The van der Waals surface area contributed by atoms with Gasteiger partial charge in [0.25, 0.3) is 5.91 Å². The van der Waals surface area contributed by atoms with Gasteiger partial charge in [0.1, 0.15) is 5.75 Å². The number of benzene rings is 2. The van der Waals surface area contributed by atoms with Crippen LogP contribution in [0.2, 0.25) is 0 Å². The molecule has 0 aliphatic heterocycles. The van der Waals surface area contributed by atoms with Crippen LogP contribution in [0.15, 0.2) is 54.6 Å². The molecule has 0 aliphatic rings. The fourth-order valence-electron chi connectivity index (χ4n) is 2.63. The van der Waals surface area contributed by atoms with Gasteiger partial charge in [0.15, 0.2) is 5.11 Å². The Bertz CT molecular complexity index is 847. The van der Waals surface area contributed by atoms with Gasteiger partial charge in [-0.1, -0.05) is 50.2 Å². The normalized spacial score (nSPS) is 10.3. The van der Waals surface area contributed by atoms with E-state index in [1.165, 1.54) is 0 Å². The van der Waals surface area contributed by atoms with Crippen LogP contribution in [0.25, 0.3) is 0 Å². The second kappa shape index (κ2) is 11.8. The summed E-state index contributed by atoms with van der Waals surface area (Å²) in [5.74, 6) is 0.928. The number of amides is 1. The van der Waals surface area contributed by atoms with Crippen molar-refractivity contribution in [2.45, 2.75) is 33.2 Å². The zero-order valence-corrected chi connectivity index (χ0v) is 17.7. The molecule has 2 aromatic carbocycles. The molecule has 0 spiro atoms. The maximum absolute atomic E-state index is 12.7. The molecule has 0 heterocycles. The number of ether oxygens (including phenoxy) is 1. The minimum absolute atomic E-state index is 0.292. The molecular formula is C23H27N3O2S. The van der Waals surface area contributed by atoms with Gasteiger partial charge in [-0.25, -0.2) is 0 Å². The maximum Gasteiger partial charge on any atom is 0.257 e. The minimum atomic E-state index is -0.292. The third-order valence-electron chi connectivity index (χ3n) is 4.28. The van der Waals surface area contributed by atoms with Crippen molar-refractivity contribution in [3.8, 4) is 11.8 Å². The van der Waals surface area contributed by atoms with Crippen molar-refractivity contribution in [1.29, 1.82) is 5.26 Å². The van der Waals surface area contributed by atoms with E-state index in [4.69, 9.17) is 22.2 Å². The smallest absolute Gasteiger partial charge is 0.257 e. The second-order valence-corrected chi connectivity index (χ2v) is 7.52. The van der Waals surface area contributed by atoms with E-state index in [0.29, 0.717) is 48.5 Å². The lowest BCUT2D eigenvalue weighted by molar-refractivity contribution is 0.0972. The van der Waals surface area contributed by atoms with E-state index in [1.807, 2.05) is 41.3 Å². The fourth-order valence-corrected chi connectivity index (χ4v) is 2.88. The number of hydrogen-bond acceptors (Lipinski definition) is 4. The van der Waals surface area contributed by atoms with E-state index < -0.39 is 0 Å². The highest BCUT2D eigenvalue weighted by Gasteiger charge is 2.15. The van der Waals surface area contributed by atoms with Crippen molar-refractivity contribution in [3.05, 3.63) is 65.7 Å². The first-order valence-corrected chi connectivity index (χ1v) is 10.1. The van der Waals surface area contributed by atoms with E-state index in [9.17, 15) is 4.79 Å². The quantitative estimate of drug-likeness (QED) is 0.616. The van der Waals surface area contributed by atoms with E-state index in [2.05, 4.69) is 25.2 Å². The Kier molecular flexibility index (Phi) is 9.13. The lowest BCUT2D eigenvalue weighted by Crippen LogP contribution is -2.42. The number of nitrogens with one attached hydrogen (secondary N) is 1. The zero-order valence-electron chi connectivity index (χ0n) is 16.9. The van der Waals surface area contributed by atoms with Crippen molar-refractivity contribution >= 4 is 23.2 Å². The number of thiocarbonyl (C=S) groups is 1. The third-order valence-corrected chi connectivity index (χ3v) is 4.64. The van der Waals surface area contributed by atoms with Crippen LogP contribution in [0.5, 0.6) is 5.75 Å². The average Bonchev–Trinajstić information content (AvgIpc) is 2.71. The molecule has 0 bridgehead atoms. The van der Waals surface area contributed by atoms with E-state index in [0.717, 1.165) is 12.0 Å². The molecule has 2 rings (SSSR count).